The second-order valence-electron chi connectivity index (χ2n) is 7.49. The molecule has 4 heteroatoms. The third kappa shape index (κ3) is 4.42. The van der Waals surface area contributed by atoms with Crippen molar-refractivity contribution >= 4 is 0 Å². The molecule has 1 N–H and O–H groups in total. The Morgan fingerprint density at radius 3 is 2.67 bits per heavy atom. The molecule has 0 aliphatic carbocycles. The average molecular weight is 292 g/mol. The van der Waals surface area contributed by atoms with E-state index in [2.05, 4.69) is 42.1 Å². The van der Waals surface area contributed by atoms with E-state index in [0.29, 0.717) is 6.04 Å². The lowest BCUT2D eigenvalue weighted by Crippen LogP contribution is -2.45. The highest BCUT2D eigenvalue weighted by Crippen LogP contribution is 2.28. The van der Waals surface area contributed by atoms with Crippen molar-refractivity contribution in [1.29, 1.82) is 5.26 Å². The third-order valence-corrected chi connectivity index (χ3v) is 5.24. The molecule has 2 heterocycles. The molecule has 4 nitrogen and oxygen atoms in total. The molecule has 2 bridgehead atoms. The van der Waals surface area contributed by atoms with Crippen LogP contribution in [-0.2, 0) is 0 Å². The predicted molar refractivity (Wildman–Crippen MR) is 87.2 cm³/mol. The summed E-state index contributed by atoms with van der Waals surface area (Å²) < 4.78 is 0. The largest absolute Gasteiger partial charge is 0.302 e. The number of hydrogen-bond acceptors (Lipinski definition) is 4. The minimum atomic E-state index is -0.379. The molecule has 2 fully saturated rings. The molecule has 0 aromatic heterocycles. The number of nitriles is 1. The van der Waals surface area contributed by atoms with Crippen LogP contribution in [0.3, 0.4) is 0 Å². The quantitative estimate of drug-likeness (QED) is 0.815. The summed E-state index contributed by atoms with van der Waals surface area (Å²) in [4.78, 5) is 5.22. The Hall–Kier alpha value is -0.630. The maximum atomic E-state index is 9.40. The van der Waals surface area contributed by atoms with Crippen LogP contribution in [0.15, 0.2) is 0 Å². The molecule has 0 spiro atoms. The normalized spacial score (nSPS) is 30.1. The van der Waals surface area contributed by atoms with Crippen LogP contribution in [0, 0.1) is 11.3 Å². The fourth-order valence-electron chi connectivity index (χ4n) is 4.04. The Bertz CT molecular complexity index is 375. The lowest BCUT2D eigenvalue weighted by molar-refractivity contribution is 0.213. The van der Waals surface area contributed by atoms with E-state index in [1.54, 1.807) is 0 Å². The van der Waals surface area contributed by atoms with E-state index in [4.69, 9.17) is 0 Å². The highest BCUT2D eigenvalue weighted by Gasteiger charge is 2.34. The summed E-state index contributed by atoms with van der Waals surface area (Å²) in [5.74, 6) is 0. The van der Waals surface area contributed by atoms with Gasteiger partial charge in [-0.05, 0) is 73.0 Å². The molecule has 2 aliphatic rings. The number of fused-ring (bicyclic) bond motifs is 2. The highest BCUT2D eigenvalue weighted by atomic mass is 15.3. The minimum absolute atomic E-state index is 0.359. The molecular formula is C17H32N4. The number of hydrogen-bond donors (Lipinski definition) is 1. The van der Waals surface area contributed by atoms with E-state index in [1.165, 1.54) is 32.4 Å². The van der Waals surface area contributed by atoms with Gasteiger partial charge in [-0.3, -0.25) is 10.2 Å². The summed E-state index contributed by atoms with van der Waals surface area (Å²) in [6.45, 7) is 9.83. The monoisotopic (exact) mass is 292 g/mol. The lowest BCUT2D eigenvalue weighted by Gasteiger charge is -2.29. The second kappa shape index (κ2) is 7.09. The summed E-state index contributed by atoms with van der Waals surface area (Å²) in [6, 6.07) is 4.38. The van der Waals surface area contributed by atoms with Crippen LogP contribution in [0.4, 0.5) is 0 Å². The molecule has 2 saturated heterocycles. The van der Waals surface area contributed by atoms with Gasteiger partial charge in [0.15, 0.2) is 0 Å². The van der Waals surface area contributed by atoms with Gasteiger partial charge in [0.2, 0.25) is 0 Å². The van der Waals surface area contributed by atoms with E-state index >= 15 is 0 Å². The van der Waals surface area contributed by atoms with Gasteiger partial charge in [-0.2, -0.15) is 5.26 Å². The first-order valence-corrected chi connectivity index (χ1v) is 8.57. The topological polar surface area (TPSA) is 42.3 Å². The van der Waals surface area contributed by atoms with Crippen molar-refractivity contribution in [3.63, 3.8) is 0 Å². The fourth-order valence-corrected chi connectivity index (χ4v) is 4.04. The molecule has 3 unspecified atom stereocenters. The van der Waals surface area contributed by atoms with Gasteiger partial charge >= 0.3 is 0 Å². The van der Waals surface area contributed by atoms with Gasteiger partial charge in [-0.15, -0.1) is 0 Å². The van der Waals surface area contributed by atoms with Crippen LogP contribution >= 0.6 is 0 Å². The first-order chi connectivity index (χ1) is 9.93. The Morgan fingerprint density at radius 1 is 1.29 bits per heavy atom. The van der Waals surface area contributed by atoms with Gasteiger partial charge in [0.25, 0.3) is 0 Å². The Kier molecular flexibility index (Phi) is 5.65. The summed E-state index contributed by atoms with van der Waals surface area (Å²) in [7, 11) is 2.30. The lowest BCUT2D eigenvalue weighted by atomic mass is 9.96. The van der Waals surface area contributed by atoms with Crippen molar-refractivity contribution in [3.8, 4) is 6.07 Å². The molecular weight excluding hydrogens is 260 g/mol. The Balaban J connectivity index is 1.77. The molecule has 0 radical (unpaired) electrons. The predicted octanol–water partition coefficient (Wildman–Crippen LogP) is 2.22. The minimum Gasteiger partial charge on any atom is -0.302 e. The van der Waals surface area contributed by atoms with Crippen molar-refractivity contribution in [2.45, 2.75) is 76.5 Å². The summed E-state index contributed by atoms with van der Waals surface area (Å²) in [6.07, 6.45) is 6.10. The molecule has 3 atom stereocenters. The molecule has 0 aromatic carbocycles. The average Bonchev–Trinajstić information content (AvgIpc) is 2.65. The standard InChI is InChI=1S/C17H32N4/c1-14(2)19-17(3,13-18)9-5-10-21-11-8-15-6-7-16(12-21)20(15)4/h14-16,19H,5-12H2,1-4H3. The van der Waals surface area contributed by atoms with Crippen LogP contribution in [0.5, 0.6) is 0 Å². The summed E-state index contributed by atoms with van der Waals surface area (Å²) in [5.41, 5.74) is -0.379. The van der Waals surface area contributed by atoms with Crippen LogP contribution in [0.25, 0.3) is 0 Å². The molecule has 0 amide bonds. The zero-order chi connectivity index (χ0) is 15.5. The Morgan fingerprint density at radius 2 is 2.00 bits per heavy atom. The van der Waals surface area contributed by atoms with Crippen LogP contribution in [0.1, 0.15) is 52.9 Å². The van der Waals surface area contributed by atoms with E-state index in [0.717, 1.165) is 31.5 Å². The first-order valence-electron chi connectivity index (χ1n) is 8.57. The summed E-state index contributed by atoms with van der Waals surface area (Å²) >= 11 is 0. The zero-order valence-corrected chi connectivity index (χ0v) is 14.2. The van der Waals surface area contributed by atoms with Gasteiger partial charge in [-0.25, -0.2) is 0 Å². The molecule has 21 heavy (non-hydrogen) atoms. The summed E-state index contributed by atoms with van der Waals surface area (Å²) in [5, 5.41) is 12.8. The highest BCUT2D eigenvalue weighted by molar-refractivity contribution is 5.04. The van der Waals surface area contributed by atoms with Gasteiger partial charge in [0.05, 0.1) is 6.07 Å². The van der Waals surface area contributed by atoms with Crippen LogP contribution in [-0.4, -0.2) is 60.1 Å². The van der Waals surface area contributed by atoms with E-state index in [-0.39, 0.29) is 5.54 Å². The first kappa shape index (κ1) is 16.7. The van der Waals surface area contributed by atoms with Gasteiger partial charge in [0, 0.05) is 24.7 Å². The van der Waals surface area contributed by atoms with Crippen molar-refractivity contribution in [3.05, 3.63) is 0 Å². The van der Waals surface area contributed by atoms with Gasteiger partial charge in [-0.1, -0.05) is 0 Å². The maximum Gasteiger partial charge on any atom is 0.104 e. The number of rotatable bonds is 6. The van der Waals surface area contributed by atoms with E-state index in [1.807, 2.05) is 6.92 Å². The maximum absolute atomic E-state index is 9.40. The van der Waals surface area contributed by atoms with E-state index in [9.17, 15) is 5.26 Å². The van der Waals surface area contributed by atoms with Crippen molar-refractivity contribution in [2.24, 2.45) is 0 Å². The smallest absolute Gasteiger partial charge is 0.104 e. The zero-order valence-electron chi connectivity index (χ0n) is 14.2. The molecule has 120 valence electrons. The van der Waals surface area contributed by atoms with Crippen LogP contribution in [0.2, 0.25) is 0 Å². The van der Waals surface area contributed by atoms with Gasteiger partial charge in [0.1, 0.15) is 5.54 Å². The molecule has 2 rings (SSSR count). The third-order valence-electron chi connectivity index (χ3n) is 5.24. The number of nitrogens with one attached hydrogen (secondary N) is 1. The van der Waals surface area contributed by atoms with E-state index < -0.39 is 0 Å². The second-order valence-corrected chi connectivity index (χ2v) is 7.49. The van der Waals surface area contributed by atoms with Crippen molar-refractivity contribution in [1.82, 2.24) is 15.1 Å². The number of likely N-dealkylation sites (tertiary alicyclic amines) is 1. The number of likely N-dealkylation sites (N-methyl/N-ethyl adjacent to an activating group) is 1. The SMILES string of the molecule is CC(C)NC(C)(C#N)CCCN1CCC2CCC(C1)N2C. The van der Waals surface area contributed by atoms with Crippen molar-refractivity contribution < 1.29 is 0 Å². The molecule has 2 aliphatic heterocycles. The van der Waals surface area contributed by atoms with Gasteiger partial charge < -0.3 is 4.90 Å². The Labute approximate surface area is 130 Å². The molecule has 0 aromatic rings. The van der Waals surface area contributed by atoms with Crippen molar-refractivity contribution in [2.75, 3.05) is 26.7 Å². The fraction of sp³-hybridized carbons (Fsp3) is 0.941. The van der Waals surface area contributed by atoms with Crippen LogP contribution < -0.4 is 5.32 Å². The molecule has 0 saturated carbocycles. The number of nitrogens with zero attached hydrogens (tertiary/aromatic N) is 3.